The molecular formula is C14H19FN2OS. The van der Waals surface area contributed by atoms with Gasteiger partial charge in [0.2, 0.25) is 5.91 Å². The number of nitrogens with one attached hydrogen (secondary N) is 1. The number of halogens is 1. The summed E-state index contributed by atoms with van der Waals surface area (Å²) in [6.45, 7) is 1.90. The number of carbonyl (C=O) groups excluding carboxylic acids is 1. The Bertz CT molecular complexity index is 461. The summed E-state index contributed by atoms with van der Waals surface area (Å²) in [5, 5.41) is 3.23. The summed E-state index contributed by atoms with van der Waals surface area (Å²) >= 11 is 1.72. The normalized spacial score (nSPS) is 17.4. The van der Waals surface area contributed by atoms with Gasteiger partial charge < -0.3 is 11.1 Å². The molecule has 3 nitrogen and oxygen atoms in total. The molecule has 0 aromatic heterocycles. The molecule has 1 amide bonds. The number of amides is 1. The monoisotopic (exact) mass is 282 g/mol. The van der Waals surface area contributed by atoms with Crippen molar-refractivity contribution in [1.29, 1.82) is 0 Å². The first-order chi connectivity index (χ1) is 9.06. The summed E-state index contributed by atoms with van der Waals surface area (Å²) in [6, 6.07) is 4.00. The fraction of sp³-hybridized carbons (Fsp3) is 0.500. The number of hydrogen-bond acceptors (Lipinski definition) is 3. The molecule has 5 heteroatoms. The summed E-state index contributed by atoms with van der Waals surface area (Å²) < 4.78 is 12.9. The molecule has 19 heavy (non-hydrogen) atoms. The van der Waals surface area contributed by atoms with Gasteiger partial charge in [-0.1, -0.05) is 12.8 Å². The van der Waals surface area contributed by atoms with Gasteiger partial charge in [-0.25, -0.2) is 4.39 Å². The third-order valence-electron chi connectivity index (χ3n) is 3.34. The fourth-order valence-electron chi connectivity index (χ4n) is 2.26. The van der Waals surface area contributed by atoms with E-state index in [0.29, 0.717) is 10.9 Å². The minimum Gasteiger partial charge on any atom is -0.397 e. The molecule has 3 N–H and O–H groups in total. The highest BCUT2D eigenvalue weighted by Crippen LogP contribution is 2.32. The van der Waals surface area contributed by atoms with Crippen LogP contribution in [0.5, 0.6) is 0 Å². The molecule has 0 bridgehead atoms. The molecule has 0 spiro atoms. The van der Waals surface area contributed by atoms with Crippen LogP contribution in [-0.4, -0.2) is 16.4 Å². The molecule has 2 rings (SSSR count). The summed E-state index contributed by atoms with van der Waals surface area (Å²) in [4.78, 5) is 12.1. The minimum atomic E-state index is -0.399. The predicted octanol–water partition coefficient (Wildman–Crippen LogP) is 3.41. The second kappa shape index (κ2) is 6.28. The van der Waals surface area contributed by atoms with Crippen LogP contribution >= 0.6 is 11.8 Å². The molecule has 1 unspecified atom stereocenters. The Morgan fingerprint density at radius 1 is 1.47 bits per heavy atom. The van der Waals surface area contributed by atoms with E-state index in [1.165, 1.54) is 43.9 Å². The van der Waals surface area contributed by atoms with Gasteiger partial charge in [0, 0.05) is 5.25 Å². The van der Waals surface area contributed by atoms with Crippen molar-refractivity contribution in [2.45, 2.75) is 43.1 Å². The standard InChI is InChI=1S/C14H19FN2OS/c1-9(19-11-4-2-3-5-11)14(18)17-13-7-6-10(15)8-12(13)16/h6-9,11H,2-5,16H2,1H3,(H,17,18). The zero-order valence-corrected chi connectivity index (χ0v) is 11.8. The van der Waals surface area contributed by atoms with Crippen molar-refractivity contribution in [3.05, 3.63) is 24.0 Å². The topological polar surface area (TPSA) is 55.1 Å². The van der Waals surface area contributed by atoms with Crippen LogP contribution in [0.25, 0.3) is 0 Å². The van der Waals surface area contributed by atoms with Crippen LogP contribution in [0.1, 0.15) is 32.6 Å². The van der Waals surface area contributed by atoms with Crippen molar-refractivity contribution >= 4 is 29.0 Å². The molecule has 0 aliphatic heterocycles. The Kier molecular flexibility index (Phi) is 4.69. The molecule has 104 valence electrons. The number of carbonyl (C=O) groups is 1. The predicted molar refractivity (Wildman–Crippen MR) is 78.8 cm³/mol. The highest BCUT2D eigenvalue weighted by molar-refractivity contribution is 8.01. The van der Waals surface area contributed by atoms with Gasteiger partial charge in [0.1, 0.15) is 5.82 Å². The minimum absolute atomic E-state index is 0.0739. The first kappa shape index (κ1) is 14.2. The van der Waals surface area contributed by atoms with Crippen LogP contribution in [0, 0.1) is 5.82 Å². The third kappa shape index (κ3) is 3.86. The SMILES string of the molecule is CC(SC1CCCC1)C(=O)Nc1ccc(F)cc1N. The lowest BCUT2D eigenvalue weighted by molar-refractivity contribution is -0.115. The smallest absolute Gasteiger partial charge is 0.237 e. The molecule has 0 heterocycles. The highest BCUT2D eigenvalue weighted by atomic mass is 32.2. The number of anilines is 2. The zero-order chi connectivity index (χ0) is 13.8. The number of benzene rings is 1. The zero-order valence-electron chi connectivity index (χ0n) is 11.0. The van der Waals surface area contributed by atoms with Gasteiger partial charge in [-0.05, 0) is 38.0 Å². The lowest BCUT2D eigenvalue weighted by atomic mass is 10.2. The van der Waals surface area contributed by atoms with Crippen LogP contribution in [0.3, 0.4) is 0 Å². The van der Waals surface area contributed by atoms with Crippen molar-refractivity contribution in [1.82, 2.24) is 0 Å². The largest absolute Gasteiger partial charge is 0.397 e. The van der Waals surface area contributed by atoms with E-state index in [9.17, 15) is 9.18 Å². The molecule has 1 aromatic carbocycles. The van der Waals surface area contributed by atoms with Gasteiger partial charge in [-0.3, -0.25) is 4.79 Å². The van der Waals surface area contributed by atoms with Gasteiger partial charge in [0.05, 0.1) is 16.6 Å². The number of nitrogens with two attached hydrogens (primary N) is 1. The van der Waals surface area contributed by atoms with Crippen molar-refractivity contribution in [3.63, 3.8) is 0 Å². The van der Waals surface area contributed by atoms with Crippen molar-refractivity contribution in [3.8, 4) is 0 Å². The molecule has 1 aliphatic rings. The molecule has 1 atom stereocenters. The molecule has 1 aliphatic carbocycles. The summed E-state index contributed by atoms with van der Waals surface area (Å²) in [7, 11) is 0. The first-order valence-corrected chi connectivity index (χ1v) is 7.52. The van der Waals surface area contributed by atoms with E-state index in [2.05, 4.69) is 5.32 Å². The molecule has 0 radical (unpaired) electrons. The lowest BCUT2D eigenvalue weighted by Crippen LogP contribution is -2.24. The Hall–Kier alpha value is -1.23. The van der Waals surface area contributed by atoms with Crippen molar-refractivity contribution in [2.24, 2.45) is 0 Å². The van der Waals surface area contributed by atoms with E-state index in [-0.39, 0.29) is 16.8 Å². The van der Waals surface area contributed by atoms with Gasteiger partial charge in [-0.2, -0.15) is 0 Å². The second-order valence-corrected chi connectivity index (χ2v) is 6.55. The van der Waals surface area contributed by atoms with Crippen molar-refractivity contribution < 1.29 is 9.18 Å². The molecule has 1 aromatic rings. The second-order valence-electron chi connectivity index (χ2n) is 4.91. The maximum absolute atomic E-state index is 12.9. The highest BCUT2D eigenvalue weighted by Gasteiger charge is 2.22. The summed E-state index contributed by atoms with van der Waals surface area (Å²) in [6.07, 6.45) is 4.91. The molecule has 1 fully saturated rings. The number of hydrogen-bond donors (Lipinski definition) is 2. The summed E-state index contributed by atoms with van der Waals surface area (Å²) in [5.41, 5.74) is 6.40. The molecule has 1 saturated carbocycles. The van der Waals surface area contributed by atoms with Gasteiger partial charge >= 0.3 is 0 Å². The fourth-order valence-corrected chi connectivity index (χ4v) is 3.62. The summed E-state index contributed by atoms with van der Waals surface area (Å²) in [5.74, 6) is -0.473. The molecular weight excluding hydrogens is 263 g/mol. The maximum Gasteiger partial charge on any atom is 0.237 e. The van der Waals surface area contributed by atoms with E-state index in [1.807, 2.05) is 6.92 Å². The van der Waals surface area contributed by atoms with E-state index in [4.69, 9.17) is 5.73 Å². The van der Waals surface area contributed by atoms with Gasteiger partial charge in [0.25, 0.3) is 0 Å². The number of rotatable bonds is 4. The third-order valence-corrected chi connectivity index (χ3v) is 4.82. The van der Waals surface area contributed by atoms with E-state index in [1.54, 1.807) is 11.8 Å². The Labute approximate surface area is 117 Å². The van der Waals surface area contributed by atoms with Gasteiger partial charge in [-0.15, -0.1) is 11.8 Å². The van der Waals surface area contributed by atoms with Crippen LogP contribution < -0.4 is 11.1 Å². The molecule has 0 saturated heterocycles. The number of thioether (sulfide) groups is 1. The first-order valence-electron chi connectivity index (χ1n) is 6.57. The maximum atomic E-state index is 12.9. The Balaban J connectivity index is 1.92. The van der Waals surface area contributed by atoms with Crippen LogP contribution in [0.15, 0.2) is 18.2 Å². The lowest BCUT2D eigenvalue weighted by Gasteiger charge is -2.16. The Morgan fingerprint density at radius 2 is 2.16 bits per heavy atom. The average Bonchev–Trinajstić information content (AvgIpc) is 2.85. The Morgan fingerprint density at radius 3 is 2.79 bits per heavy atom. The van der Waals surface area contributed by atoms with Crippen LogP contribution in [0.2, 0.25) is 0 Å². The van der Waals surface area contributed by atoms with E-state index in [0.717, 1.165) is 0 Å². The van der Waals surface area contributed by atoms with Crippen molar-refractivity contribution in [2.75, 3.05) is 11.1 Å². The number of nitrogen functional groups attached to an aromatic ring is 1. The van der Waals surface area contributed by atoms with E-state index >= 15 is 0 Å². The van der Waals surface area contributed by atoms with Gasteiger partial charge in [0.15, 0.2) is 0 Å². The average molecular weight is 282 g/mol. The van der Waals surface area contributed by atoms with Crippen LogP contribution in [-0.2, 0) is 4.79 Å². The van der Waals surface area contributed by atoms with E-state index < -0.39 is 5.82 Å². The van der Waals surface area contributed by atoms with Crippen LogP contribution in [0.4, 0.5) is 15.8 Å². The quantitative estimate of drug-likeness (QED) is 0.832.